The third-order valence-corrected chi connectivity index (χ3v) is 5.65. The van der Waals surface area contributed by atoms with E-state index in [0.717, 1.165) is 25.7 Å². The van der Waals surface area contributed by atoms with E-state index in [9.17, 15) is 27.6 Å². The zero-order valence-electron chi connectivity index (χ0n) is 14.6. The van der Waals surface area contributed by atoms with Crippen molar-refractivity contribution in [3.63, 3.8) is 0 Å². The number of nitrogens with zero attached hydrogens (tertiary/aromatic N) is 3. The van der Waals surface area contributed by atoms with Gasteiger partial charge in [0.05, 0.1) is 0 Å². The number of hydrogen-bond acceptors (Lipinski definition) is 3. The van der Waals surface area contributed by atoms with Crippen LogP contribution in [0, 0.1) is 5.92 Å². The molecule has 3 fully saturated rings. The molecule has 1 atom stereocenters. The van der Waals surface area contributed by atoms with Crippen LogP contribution >= 0.6 is 0 Å². The topological polar surface area (TPSA) is 60.9 Å². The van der Waals surface area contributed by atoms with Gasteiger partial charge in [0.25, 0.3) is 0 Å². The molecule has 0 aromatic carbocycles. The van der Waals surface area contributed by atoms with Crippen molar-refractivity contribution in [2.45, 2.75) is 50.7 Å². The maximum absolute atomic E-state index is 12.7. The van der Waals surface area contributed by atoms with Crippen molar-refractivity contribution in [3.05, 3.63) is 0 Å². The molecule has 1 saturated carbocycles. The number of piperazine rings is 1. The number of rotatable bonds is 2. The average molecular weight is 375 g/mol. The Balaban J connectivity index is 1.56. The largest absolute Gasteiger partial charge is 0.471 e. The van der Waals surface area contributed by atoms with Gasteiger partial charge in [-0.2, -0.15) is 13.2 Å². The second kappa shape index (κ2) is 7.44. The van der Waals surface area contributed by atoms with E-state index in [4.69, 9.17) is 0 Å². The monoisotopic (exact) mass is 375 g/mol. The fraction of sp³-hybridized carbons (Fsp3) is 0.824. The van der Waals surface area contributed by atoms with Crippen LogP contribution in [0.1, 0.15) is 38.5 Å². The number of halogens is 3. The number of likely N-dealkylation sites (tertiary alicyclic amines) is 1. The van der Waals surface area contributed by atoms with E-state index in [1.54, 1.807) is 4.90 Å². The summed E-state index contributed by atoms with van der Waals surface area (Å²) in [7, 11) is 0. The number of carbonyl (C=O) groups excluding carboxylic acids is 3. The van der Waals surface area contributed by atoms with Crippen LogP contribution in [0.4, 0.5) is 13.2 Å². The molecule has 146 valence electrons. The number of alkyl halides is 3. The summed E-state index contributed by atoms with van der Waals surface area (Å²) in [5, 5.41) is 0. The maximum Gasteiger partial charge on any atom is 0.471 e. The Morgan fingerprint density at radius 2 is 1.27 bits per heavy atom. The molecule has 1 aliphatic carbocycles. The Hall–Kier alpha value is -1.80. The normalized spacial score (nSPS) is 25.0. The molecule has 0 N–H and O–H groups in total. The van der Waals surface area contributed by atoms with Gasteiger partial charge >= 0.3 is 12.1 Å². The summed E-state index contributed by atoms with van der Waals surface area (Å²) in [6.07, 6.45) is -0.363. The summed E-state index contributed by atoms with van der Waals surface area (Å²) in [6, 6.07) is -1.04. The van der Waals surface area contributed by atoms with Gasteiger partial charge in [0.15, 0.2) is 0 Å². The zero-order valence-corrected chi connectivity index (χ0v) is 14.6. The second-order valence-corrected chi connectivity index (χ2v) is 7.29. The number of amides is 3. The molecule has 3 amide bonds. The molecule has 3 aliphatic rings. The molecule has 9 heteroatoms. The van der Waals surface area contributed by atoms with Crippen molar-refractivity contribution in [2.24, 2.45) is 5.92 Å². The molecule has 2 saturated heterocycles. The average Bonchev–Trinajstić information content (AvgIpc) is 3.30. The van der Waals surface area contributed by atoms with E-state index in [2.05, 4.69) is 0 Å². The molecule has 3 rings (SSSR count). The first kappa shape index (κ1) is 19.0. The molecule has 26 heavy (non-hydrogen) atoms. The summed E-state index contributed by atoms with van der Waals surface area (Å²) in [6.45, 7) is 1.38. The van der Waals surface area contributed by atoms with Crippen molar-refractivity contribution < 1.29 is 27.6 Å². The van der Waals surface area contributed by atoms with Crippen LogP contribution < -0.4 is 0 Å². The fourth-order valence-corrected chi connectivity index (χ4v) is 4.22. The van der Waals surface area contributed by atoms with E-state index < -0.39 is 24.0 Å². The van der Waals surface area contributed by atoms with E-state index >= 15 is 0 Å². The summed E-state index contributed by atoms with van der Waals surface area (Å²) < 4.78 is 38.1. The first-order chi connectivity index (χ1) is 12.3. The minimum Gasteiger partial charge on any atom is -0.339 e. The molecule has 2 heterocycles. The van der Waals surface area contributed by atoms with Crippen LogP contribution in [0.15, 0.2) is 0 Å². The third-order valence-electron chi connectivity index (χ3n) is 5.65. The van der Waals surface area contributed by atoms with Gasteiger partial charge in [-0.3, -0.25) is 14.4 Å². The van der Waals surface area contributed by atoms with Gasteiger partial charge in [-0.25, -0.2) is 0 Å². The summed E-state index contributed by atoms with van der Waals surface area (Å²) >= 11 is 0. The highest BCUT2D eigenvalue weighted by atomic mass is 19.4. The van der Waals surface area contributed by atoms with E-state index in [0.29, 0.717) is 37.5 Å². The summed E-state index contributed by atoms with van der Waals surface area (Å²) in [4.78, 5) is 40.5. The van der Waals surface area contributed by atoms with Gasteiger partial charge < -0.3 is 14.7 Å². The Labute approximate surface area is 150 Å². The van der Waals surface area contributed by atoms with Gasteiger partial charge in [-0.15, -0.1) is 0 Å². The lowest BCUT2D eigenvalue weighted by atomic mass is 10.1. The number of hydrogen-bond donors (Lipinski definition) is 0. The van der Waals surface area contributed by atoms with Gasteiger partial charge in [-0.1, -0.05) is 12.8 Å². The van der Waals surface area contributed by atoms with Crippen molar-refractivity contribution in [1.82, 2.24) is 14.7 Å². The lowest BCUT2D eigenvalue weighted by molar-refractivity contribution is -0.187. The lowest BCUT2D eigenvalue weighted by Gasteiger charge is -2.38. The van der Waals surface area contributed by atoms with Crippen LogP contribution in [0.3, 0.4) is 0 Å². The van der Waals surface area contributed by atoms with Gasteiger partial charge in [0.1, 0.15) is 6.04 Å². The quantitative estimate of drug-likeness (QED) is 0.733. The molecule has 0 aromatic rings. The van der Waals surface area contributed by atoms with E-state index in [-0.39, 0.29) is 24.8 Å². The molecule has 0 radical (unpaired) electrons. The Bertz CT molecular complexity index is 567. The number of carbonyl (C=O) groups is 3. The van der Waals surface area contributed by atoms with Crippen LogP contribution in [-0.4, -0.2) is 77.4 Å². The van der Waals surface area contributed by atoms with Gasteiger partial charge in [0, 0.05) is 38.6 Å². The van der Waals surface area contributed by atoms with E-state index in [1.807, 2.05) is 0 Å². The molecule has 2 aliphatic heterocycles. The van der Waals surface area contributed by atoms with Crippen molar-refractivity contribution >= 4 is 17.7 Å². The molecule has 0 bridgehead atoms. The van der Waals surface area contributed by atoms with Gasteiger partial charge in [0.2, 0.25) is 11.8 Å². The zero-order chi connectivity index (χ0) is 18.9. The highest BCUT2D eigenvalue weighted by molar-refractivity contribution is 5.90. The van der Waals surface area contributed by atoms with Crippen molar-refractivity contribution in [3.8, 4) is 0 Å². The Morgan fingerprint density at radius 3 is 1.81 bits per heavy atom. The Morgan fingerprint density at radius 1 is 0.731 bits per heavy atom. The molecule has 0 aromatic heterocycles. The summed E-state index contributed by atoms with van der Waals surface area (Å²) in [5.41, 5.74) is 0. The van der Waals surface area contributed by atoms with Gasteiger partial charge in [-0.05, 0) is 25.7 Å². The first-order valence-electron chi connectivity index (χ1n) is 9.24. The summed E-state index contributed by atoms with van der Waals surface area (Å²) in [5.74, 6) is -2.17. The highest BCUT2D eigenvalue weighted by Crippen LogP contribution is 2.28. The van der Waals surface area contributed by atoms with Crippen LogP contribution in [0.25, 0.3) is 0 Å². The highest BCUT2D eigenvalue weighted by Gasteiger charge is 2.48. The predicted octanol–water partition coefficient (Wildman–Crippen LogP) is 1.40. The van der Waals surface area contributed by atoms with Crippen LogP contribution in [0.2, 0.25) is 0 Å². The predicted molar refractivity (Wildman–Crippen MR) is 85.9 cm³/mol. The van der Waals surface area contributed by atoms with E-state index in [1.165, 1.54) is 4.90 Å². The molecule has 1 unspecified atom stereocenters. The van der Waals surface area contributed by atoms with Crippen LogP contribution in [0.5, 0.6) is 0 Å². The third kappa shape index (κ3) is 3.81. The molecule has 6 nitrogen and oxygen atoms in total. The lowest BCUT2D eigenvalue weighted by Crippen LogP contribution is -2.57. The second-order valence-electron chi connectivity index (χ2n) is 7.29. The smallest absolute Gasteiger partial charge is 0.339 e. The Kier molecular flexibility index (Phi) is 5.43. The fourth-order valence-electron chi connectivity index (χ4n) is 4.22. The standard InChI is InChI=1S/C17H24F3N3O3/c18-17(19,20)16(26)23-7-3-6-13(23)15(25)22-10-8-21(9-11-22)14(24)12-4-1-2-5-12/h12-13H,1-11H2. The molecular formula is C17H24F3N3O3. The first-order valence-corrected chi connectivity index (χ1v) is 9.24. The SMILES string of the molecule is O=C(C1CCCC1)N1CCN(C(=O)C2CCCN2C(=O)C(F)(F)F)CC1. The maximum atomic E-state index is 12.7. The molecule has 0 spiro atoms. The molecular weight excluding hydrogens is 351 g/mol. The van der Waals surface area contributed by atoms with Crippen LogP contribution in [-0.2, 0) is 14.4 Å². The van der Waals surface area contributed by atoms with Crippen molar-refractivity contribution in [2.75, 3.05) is 32.7 Å². The minimum atomic E-state index is -4.96. The minimum absolute atomic E-state index is 0.0467. The van der Waals surface area contributed by atoms with Crippen molar-refractivity contribution in [1.29, 1.82) is 0 Å².